The Labute approximate surface area is 486 Å². The first kappa shape index (κ1) is 63.7. The fourth-order valence-electron chi connectivity index (χ4n) is 8.48. The Balaban J connectivity index is 1.34. The minimum Gasteiger partial charge on any atom is -0.459 e. The van der Waals surface area contributed by atoms with Crippen molar-refractivity contribution in [3.8, 4) is 0 Å². The Morgan fingerprint density at radius 2 is 1.01 bits per heavy atom. The maximum atomic E-state index is 14.8. The molecule has 0 unspecified atom stereocenters. The van der Waals surface area contributed by atoms with E-state index in [1.807, 2.05) is 0 Å². The second kappa shape index (κ2) is 26.4. The van der Waals surface area contributed by atoms with Gasteiger partial charge in [-0.1, -0.05) is 114 Å². The van der Waals surface area contributed by atoms with E-state index in [1.54, 1.807) is 93.6 Å². The van der Waals surface area contributed by atoms with E-state index in [0.29, 0.717) is 0 Å². The molecule has 0 saturated carbocycles. The van der Waals surface area contributed by atoms with E-state index >= 15 is 0 Å². The summed E-state index contributed by atoms with van der Waals surface area (Å²) in [4.78, 5) is 99.3. The maximum absolute atomic E-state index is 14.8. The Morgan fingerprint density at radius 1 is 0.554 bits per heavy atom. The third-order valence-electron chi connectivity index (χ3n) is 15.5. The molecule has 8 atom stereocenters. The summed E-state index contributed by atoms with van der Waals surface area (Å²) in [5, 5.41) is -0.349. The molecule has 0 amide bonds. The lowest BCUT2D eigenvalue weighted by atomic mass is 9.97. The van der Waals surface area contributed by atoms with Gasteiger partial charge in [0.25, 0.3) is 5.56 Å². The van der Waals surface area contributed by atoms with Gasteiger partial charge in [0.2, 0.25) is 0 Å². The third kappa shape index (κ3) is 15.9. The van der Waals surface area contributed by atoms with Gasteiger partial charge in [0.05, 0.1) is 52.5 Å². The molecule has 0 spiro atoms. The minimum absolute atomic E-state index is 0.0660. The molecule has 7 rings (SSSR count). The van der Waals surface area contributed by atoms with Crippen LogP contribution in [-0.2, 0) is 64.9 Å². The minimum atomic E-state index is -2.50. The molecular weight excluding hydrogens is 1100 g/mol. The van der Waals surface area contributed by atoms with Crippen LogP contribution in [0.4, 0.5) is 0 Å². The first-order valence-corrected chi connectivity index (χ1v) is 33.5. The highest BCUT2D eigenvalue weighted by Crippen LogP contribution is 2.43. The van der Waals surface area contributed by atoms with Gasteiger partial charge in [-0.2, -0.15) is 0 Å². The average molecular weight is 1180 g/mol. The lowest BCUT2D eigenvalue weighted by Crippen LogP contribution is -2.63. The van der Waals surface area contributed by atoms with Gasteiger partial charge in [0.15, 0.2) is 48.0 Å². The second-order valence-corrected chi connectivity index (χ2v) is 34.3. The summed E-state index contributed by atoms with van der Waals surface area (Å²) in [5.41, 5.74) is -2.61. The summed E-state index contributed by atoms with van der Waals surface area (Å²) < 4.78 is 65.7. The molecule has 0 N–H and O–H groups in total. The van der Waals surface area contributed by atoms with E-state index < -0.39 is 132 Å². The summed E-state index contributed by atoms with van der Waals surface area (Å²) in [5.74, 6) is -4.26. The van der Waals surface area contributed by atoms with Gasteiger partial charge >= 0.3 is 35.5 Å². The van der Waals surface area contributed by atoms with Crippen molar-refractivity contribution in [2.45, 2.75) is 167 Å². The van der Waals surface area contributed by atoms with Gasteiger partial charge in [-0.15, -0.1) is 0 Å². The fourth-order valence-corrected chi connectivity index (χ4v) is 10.8. The number of carbonyl (C=O) groups is 5. The smallest absolute Gasteiger partial charge is 0.338 e. The third-order valence-corrected chi connectivity index (χ3v) is 24.5. The van der Waals surface area contributed by atoms with Crippen LogP contribution >= 0.6 is 0 Å². The van der Waals surface area contributed by atoms with Crippen LogP contribution in [0.3, 0.4) is 0 Å². The molecule has 19 nitrogen and oxygen atoms in total. The van der Waals surface area contributed by atoms with E-state index in [-0.39, 0.29) is 50.9 Å². The fraction of sp³-hybridized carbons (Fsp3) is 0.468. The summed E-state index contributed by atoms with van der Waals surface area (Å²) in [7, 11) is -4.85. The van der Waals surface area contributed by atoms with Gasteiger partial charge in [-0.3, -0.25) is 14.2 Å². The number of rotatable bonds is 20. The SMILES string of the molecule is CC(C)(C)C(=O)OCn1c(=O)c(CO[C@@H]2O[C@H](COC(=O)c3ccccc3)[C@@H](OC(=O)c3ccccc3)[C@H](OC(=O)c3ccccc3)[C@H]2OC(=O)c2ccccc2)cn([C@H]2C[C@H](O[Si](C)(C)C(C)(C)C)[C@@H](CO[Si](C)(C)C(C)(C)C)O2)c1=O. The molecule has 5 aromatic rings. The molecule has 2 saturated heterocycles. The number of hydrogen-bond donors (Lipinski definition) is 0. The van der Waals surface area contributed by atoms with Crippen molar-refractivity contribution in [2.24, 2.45) is 5.41 Å². The summed E-state index contributed by atoms with van der Waals surface area (Å²) in [6.45, 7) is 24.1. The lowest BCUT2D eigenvalue weighted by Gasteiger charge is -2.44. The topological polar surface area (TPSA) is 222 Å². The van der Waals surface area contributed by atoms with Crippen molar-refractivity contribution >= 4 is 46.5 Å². The Morgan fingerprint density at radius 3 is 1.48 bits per heavy atom. The first-order valence-electron chi connectivity index (χ1n) is 27.7. The van der Waals surface area contributed by atoms with E-state index in [1.165, 1.54) is 59.3 Å². The van der Waals surface area contributed by atoms with Crippen LogP contribution in [0.5, 0.6) is 0 Å². The molecule has 21 heteroatoms. The van der Waals surface area contributed by atoms with Crippen molar-refractivity contribution in [3.05, 3.63) is 176 Å². The van der Waals surface area contributed by atoms with E-state index in [0.717, 1.165) is 4.57 Å². The van der Waals surface area contributed by atoms with Gasteiger partial charge in [-0.05, 0) is 106 Å². The van der Waals surface area contributed by atoms with Crippen molar-refractivity contribution in [2.75, 3.05) is 13.2 Å². The second-order valence-electron chi connectivity index (χ2n) is 24.8. The lowest BCUT2D eigenvalue weighted by molar-refractivity contribution is -0.301. The highest BCUT2D eigenvalue weighted by Gasteiger charge is 2.54. The monoisotopic (exact) mass is 1180 g/mol. The molecule has 0 bridgehead atoms. The zero-order valence-corrected chi connectivity index (χ0v) is 51.6. The number of benzene rings is 4. The highest BCUT2D eigenvalue weighted by molar-refractivity contribution is 6.74. The van der Waals surface area contributed by atoms with Crippen LogP contribution < -0.4 is 11.2 Å². The van der Waals surface area contributed by atoms with Crippen molar-refractivity contribution in [1.29, 1.82) is 0 Å². The Kier molecular flexibility index (Phi) is 20.2. The number of aromatic nitrogens is 2. The van der Waals surface area contributed by atoms with Crippen LogP contribution in [0.1, 0.15) is 122 Å². The molecule has 2 aliphatic rings. The molecular formula is C62H78N2O17Si2. The number of ether oxygens (including phenoxy) is 8. The standard InChI is InChI=1S/C62H78N2O17Si2/c1-60(2,3)58(70)74-39-64-52(65)44(35-63(59(64)71)48-34-45(81-83(12,13)62(7,8)9)46(76-48)38-75-82(10,11)61(4,5)6)36-73-57-51(80-56(69)43-32-24-17-25-33-43)50(79-55(68)42-30-22-16-23-31-42)49(78-54(67)41-28-20-15-21-29-41)47(77-57)37-72-53(66)40-26-18-14-19-27-40/h14-33,35,45-51,57H,34,36-39H2,1-13H3/t45-,46+,47+,48+,49+,50-,51+,57+/m0/s1. The number of hydrogen-bond acceptors (Lipinski definition) is 17. The molecule has 4 aromatic carbocycles. The number of carbonyl (C=O) groups excluding carboxylic acids is 5. The molecule has 83 heavy (non-hydrogen) atoms. The molecule has 2 fully saturated rings. The molecule has 2 aliphatic heterocycles. The van der Waals surface area contributed by atoms with E-state index in [9.17, 15) is 33.6 Å². The Hall–Kier alpha value is -6.86. The predicted molar refractivity (Wildman–Crippen MR) is 311 cm³/mol. The highest BCUT2D eigenvalue weighted by atomic mass is 28.4. The van der Waals surface area contributed by atoms with E-state index in [4.69, 9.17) is 46.7 Å². The average Bonchev–Trinajstić information content (AvgIpc) is 3.88. The van der Waals surface area contributed by atoms with Gasteiger partial charge < -0.3 is 46.7 Å². The van der Waals surface area contributed by atoms with Crippen molar-refractivity contribution in [1.82, 2.24) is 9.13 Å². The maximum Gasteiger partial charge on any atom is 0.338 e. The van der Waals surface area contributed by atoms with Gasteiger partial charge in [0, 0.05) is 12.6 Å². The number of esters is 5. The van der Waals surface area contributed by atoms with Gasteiger partial charge in [0.1, 0.15) is 25.0 Å². The molecule has 446 valence electrons. The van der Waals surface area contributed by atoms with Crippen LogP contribution in [0.2, 0.25) is 36.3 Å². The Bertz CT molecular complexity index is 3170. The molecule has 0 radical (unpaired) electrons. The van der Waals surface area contributed by atoms with Crippen molar-refractivity contribution < 1.29 is 70.7 Å². The number of nitrogens with zero attached hydrogens (tertiary/aromatic N) is 2. The molecule has 1 aromatic heterocycles. The first-order chi connectivity index (χ1) is 39.0. The zero-order chi connectivity index (χ0) is 60.7. The quantitative estimate of drug-likeness (QED) is 0.0402. The molecule has 0 aliphatic carbocycles. The largest absolute Gasteiger partial charge is 0.459 e. The van der Waals surface area contributed by atoms with Crippen LogP contribution in [0.25, 0.3) is 0 Å². The molecule has 3 heterocycles. The predicted octanol–water partition coefficient (Wildman–Crippen LogP) is 10.0. The summed E-state index contributed by atoms with van der Waals surface area (Å²) >= 11 is 0. The summed E-state index contributed by atoms with van der Waals surface area (Å²) in [6.07, 6.45) is -9.44. The van der Waals surface area contributed by atoms with Crippen LogP contribution in [0, 0.1) is 5.41 Å². The zero-order valence-electron chi connectivity index (χ0n) is 49.6. The normalized spacial score (nSPS) is 21.4. The van der Waals surface area contributed by atoms with E-state index in [2.05, 4.69) is 67.7 Å². The van der Waals surface area contributed by atoms with Crippen LogP contribution in [-0.4, -0.2) is 112 Å². The van der Waals surface area contributed by atoms with Gasteiger partial charge in [-0.25, -0.2) is 28.5 Å². The summed E-state index contributed by atoms with van der Waals surface area (Å²) in [6, 6.07) is 31.7. The van der Waals surface area contributed by atoms with Crippen LogP contribution in [0.15, 0.2) is 137 Å². The van der Waals surface area contributed by atoms with Crippen molar-refractivity contribution in [3.63, 3.8) is 0 Å².